The fourth-order valence-electron chi connectivity index (χ4n) is 4.05. The van der Waals surface area contributed by atoms with Crippen molar-refractivity contribution < 1.29 is 0 Å². The third kappa shape index (κ3) is 3.08. The van der Waals surface area contributed by atoms with Crippen LogP contribution in [0.1, 0.15) is 60.8 Å². The Morgan fingerprint density at radius 1 is 1.33 bits per heavy atom. The van der Waals surface area contributed by atoms with Gasteiger partial charge in [0.15, 0.2) is 0 Å². The summed E-state index contributed by atoms with van der Waals surface area (Å²) in [5.41, 5.74) is 6.92. The van der Waals surface area contributed by atoms with Crippen LogP contribution in [0.4, 0.5) is 0 Å². The molecule has 0 aromatic rings. The minimum Gasteiger partial charge on any atom is -0.329 e. The molecule has 2 nitrogen and oxygen atoms in total. The van der Waals surface area contributed by atoms with E-state index in [2.05, 4.69) is 46.4 Å². The summed E-state index contributed by atoms with van der Waals surface area (Å²) in [5.74, 6) is 1.48. The lowest BCUT2D eigenvalue weighted by molar-refractivity contribution is 0.0503. The number of hydrogen-bond acceptors (Lipinski definition) is 2. The molecule has 1 aliphatic carbocycles. The van der Waals surface area contributed by atoms with Crippen LogP contribution in [-0.4, -0.2) is 30.1 Å². The zero-order valence-corrected chi connectivity index (χ0v) is 13.4. The molecule has 2 N–H and O–H groups in total. The average molecular weight is 254 g/mol. The van der Waals surface area contributed by atoms with Crippen LogP contribution in [0.3, 0.4) is 0 Å². The predicted octanol–water partition coefficient (Wildman–Crippen LogP) is 3.51. The van der Waals surface area contributed by atoms with Crippen molar-refractivity contribution >= 4 is 0 Å². The topological polar surface area (TPSA) is 29.3 Å². The minimum absolute atomic E-state index is 0.238. The van der Waals surface area contributed by atoms with Crippen molar-refractivity contribution in [2.75, 3.05) is 19.6 Å². The van der Waals surface area contributed by atoms with Crippen LogP contribution < -0.4 is 5.73 Å². The molecule has 1 saturated carbocycles. The monoisotopic (exact) mass is 254 g/mol. The first-order valence-corrected chi connectivity index (χ1v) is 7.76. The number of hydrogen-bond donors (Lipinski definition) is 1. The van der Waals surface area contributed by atoms with Crippen molar-refractivity contribution in [1.82, 2.24) is 4.90 Å². The van der Waals surface area contributed by atoms with E-state index < -0.39 is 0 Å². The summed E-state index contributed by atoms with van der Waals surface area (Å²) in [5, 5.41) is 0. The van der Waals surface area contributed by atoms with Gasteiger partial charge in [-0.2, -0.15) is 0 Å². The third-order valence-electron chi connectivity index (χ3n) is 5.15. The fourth-order valence-corrected chi connectivity index (χ4v) is 4.05. The largest absolute Gasteiger partial charge is 0.329 e. The number of nitrogens with two attached hydrogens (primary N) is 1. The van der Waals surface area contributed by atoms with E-state index >= 15 is 0 Å². The van der Waals surface area contributed by atoms with Crippen LogP contribution >= 0.6 is 0 Å². The molecule has 1 rings (SSSR count). The maximum absolute atomic E-state index is 6.23. The van der Waals surface area contributed by atoms with E-state index in [9.17, 15) is 0 Å². The smallest absolute Gasteiger partial charge is 0.0362 e. The highest BCUT2D eigenvalue weighted by Crippen LogP contribution is 2.50. The second-order valence-electron chi connectivity index (χ2n) is 7.31. The molecule has 0 aromatic heterocycles. The van der Waals surface area contributed by atoms with Gasteiger partial charge in [0.05, 0.1) is 0 Å². The highest BCUT2D eigenvalue weighted by molar-refractivity contribution is 5.06. The van der Waals surface area contributed by atoms with Gasteiger partial charge >= 0.3 is 0 Å². The normalized spacial score (nSPS) is 33.0. The Hall–Kier alpha value is -0.0800. The lowest BCUT2D eigenvalue weighted by Crippen LogP contribution is -2.57. The second kappa shape index (κ2) is 5.92. The second-order valence-corrected chi connectivity index (χ2v) is 7.31. The lowest BCUT2D eigenvalue weighted by atomic mass is 9.84. The summed E-state index contributed by atoms with van der Waals surface area (Å²) in [6.45, 7) is 17.3. The van der Waals surface area contributed by atoms with Crippen molar-refractivity contribution in [3.05, 3.63) is 0 Å². The zero-order chi connectivity index (χ0) is 14.0. The number of nitrogens with zero attached hydrogens (tertiary/aromatic N) is 1. The molecule has 18 heavy (non-hydrogen) atoms. The van der Waals surface area contributed by atoms with Crippen molar-refractivity contribution in [3.8, 4) is 0 Å². The van der Waals surface area contributed by atoms with Crippen molar-refractivity contribution in [2.45, 2.75) is 66.3 Å². The lowest BCUT2D eigenvalue weighted by Gasteiger charge is -2.45. The van der Waals surface area contributed by atoms with Gasteiger partial charge in [0.2, 0.25) is 0 Å². The quantitative estimate of drug-likeness (QED) is 0.786. The summed E-state index contributed by atoms with van der Waals surface area (Å²) in [6, 6.07) is 0. The highest BCUT2D eigenvalue weighted by Gasteiger charge is 2.50. The number of rotatable bonds is 6. The van der Waals surface area contributed by atoms with Crippen LogP contribution in [0.15, 0.2) is 0 Å². The van der Waals surface area contributed by atoms with Gasteiger partial charge in [-0.3, -0.25) is 4.90 Å². The average Bonchev–Trinajstić information content (AvgIpc) is 2.56. The molecule has 0 bridgehead atoms. The maximum Gasteiger partial charge on any atom is 0.0362 e. The van der Waals surface area contributed by atoms with E-state index in [0.717, 1.165) is 19.0 Å². The standard InChI is InChI=1S/C16H34N2/c1-7-13(3)10-18(8-2)16(12-17)11-15(5,6)9-14(16)4/h13-14H,7-12,17H2,1-6H3. The Balaban J connectivity index is 2.91. The molecule has 0 heterocycles. The molecule has 108 valence electrons. The first-order valence-electron chi connectivity index (χ1n) is 7.76. The van der Waals surface area contributed by atoms with E-state index in [1.807, 2.05) is 0 Å². The van der Waals surface area contributed by atoms with Gasteiger partial charge in [-0.1, -0.05) is 48.0 Å². The Bertz CT molecular complexity index is 262. The van der Waals surface area contributed by atoms with Crippen LogP contribution in [-0.2, 0) is 0 Å². The molecule has 3 atom stereocenters. The van der Waals surface area contributed by atoms with Crippen molar-refractivity contribution in [2.24, 2.45) is 23.0 Å². The SMILES string of the molecule is CCC(C)CN(CC)C1(CN)CC(C)(C)CC1C. The van der Waals surface area contributed by atoms with Gasteiger partial charge in [-0.25, -0.2) is 0 Å². The molecule has 1 fully saturated rings. The van der Waals surface area contributed by atoms with Gasteiger partial charge in [0.1, 0.15) is 0 Å². The summed E-state index contributed by atoms with van der Waals surface area (Å²) in [6.07, 6.45) is 3.82. The molecule has 3 unspecified atom stereocenters. The first-order chi connectivity index (χ1) is 8.31. The van der Waals surface area contributed by atoms with Crippen molar-refractivity contribution in [1.29, 1.82) is 0 Å². The fraction of sp³-hybridized carbons (Fsp3) is 1.00. The molecule has 0 saturated heterocycles. The Labute approximate surface area is 114 Å². The Kier molecular flexibility index (Phi) is 5.25. The van der Waals surface area contributed by atoms with Gasteiger partial charge in [-0.05, 0) is 36.6 Å². The highest BCUT2D eigenvalue weighted by atomic mass is 15.2. The number of likely N-dealkylation sites (N-methyl/N-ethyl adjacent to an activating group) is 1. The van der Waals surface area contributed by atoms with E-state index in [1.165, 1.54) is 25.8 Å². The van der Waals surface area contributed by atoms with Crippen LogP contribution in [0.2, 0.25) is 0 Å². The minimum atomic E-state index is 0.238. The first kappa shape index (κ1) is 16.0. The molecule has 0 amide bonds. The van der Waals surface area contributed by atoms with E-state index in [-0.39, 0.29) is 5.54 Å². The summed E-state index contributed by atoms with van der Waals surface area (Å²) in [4.78, 5) is 2.68. The summed E-state index contributed by atoms with van der Waals surface area (Å²) in [7, 11) is 0. The Morgan fingerprint density at radius 3 is 2.28 bits per heavy atom. The van der Waals surface area contributed by atoms with E-state index in [4.69, 9.17) is 5.73 Å². The third-order valence-corrected chi connectivity index (χ3v) is 5.15. The summed E-state index contributed by atoms with van der Waals surface area (Å²) < 4.78 is 0. The Morgan fingerprint density at radius 2 is 1.94 bits per heavy atom. The molecular formula is C16H34N2. The van der Waals surface area contributed by atoms with Crippen LogP contribution in [0, 0.1) is 17.3 Å². The van der Waals surface area contributed by atoms with Crippen LogP contribution in [0.5, 0.6) is 0 Å². The molecule has 0 aromatic carbocycles. The maximum atomic E-state index is 6.23. The van der Waals surface area contributed by atoms with Crippen molar-refractivity contribution in [3.63, 3.8) is 0 Å². The predicted molar refractivity (Wildman–Crippen MR) is 80.7 cm³/mol. The molecular weight excluding hydrogens is 220 g/mol. The summed E-state index contributed by atoms with van der Waals surface area (Å²) >= 11 is 0. The molecule has 0 spiro atoms. The zero-order valence-electron chi connectivity index (χ0n) is 13.4. The van der Waals surface area contributed by atoms with Gasteiger partial charge in [-0.15, -0.1) is 0 Å². The molecule has 1 aliphatic rings. The van der Waals surface area contributed by atoms with Gasteiger partial charge in [0.25, 0.3) is 0 Å². The van der Waals surface area contributed by atoms with Gasteiger partial charge < -0.3 is 5.73 Å². The van der Waals surface area contributed by atoms with E-state index in [0.29, 0.717) is 11.3 Å². The molecule has 0 aliphatic heterocycles. The van der Waals surface area contributed by atoms with Gasteiger partial charge in [0, 0.05) is 18.6 Å². The molecule has 0 radical (unpaired) electrons. The van der Waals surface area contributed by atoms with Crippen LogP contribution in [0.25, 0.3) is 0 Å². The molecule has 2 heteroatoms. The van der Waals surface area contributed by atoms with E-state index in [1.54, 1.807) is 0 Å².